The number of aromatic nitrogens is 4. The van der Waals surface area contributed by atoms with E-state index in [1.165, 1.54) is 4.68 Å². The molecule has 0 bridgehead atoms. The first-order chi connectivity index (χ1) is 11.1. The Morgan fingerprint density at radius 1 is 1.13 bits per heavy atom. The van der Waals surface area contributed by atoms with E-state index in [1.54, 1.807) is 25.3 Å². The van der Waals surface area contributed by atoms with Gasteiger partial charge < -0.3 is 0 Å². The molecule has 0 radical (unpaired) electrons. The van der Waals surface area contributed by atoms with Crippen LogP contribution in [-0.2, 0) is 0 Å². The van der Waals surface area contributed by atoms with E-state index < -0.39 is 11.6 Å². The highest BCUT2D eigenvalue weighted by Gasteiger charge is 2.18. The second-order valence-corrected chi connectivity index (χ2v) is 5.47. The minimum absolute atomic E-state index is 0.262. The van der Waals surface area contributed by atoms with Gasteiger partial charge in [0, 0.05) is 17.6 Å². The van der Waals surface area contributed by atoms with Gasteiger partial charge in [-0.3, -0.25) is 0 Å². The molecule has 1 aromatic carbocycles. The zero-order valence-corrected chi connectivity index (χ0v) is 12.6. The molecular formula is C16H9ClF2N4. The van der Waals surface area contributed by atoms with Crippen LogP contribution in [0.2, 0.25) is 5.02 Å². The molecule has 114 valence electrons. The molecule has 0 spiro atoms. The fourth-order valence-electron chi connectivity index (χ4n) is 2.57. The van der Waals surface area contributed by atoms with E-state index in [2.05, 4.69) is 15.1 Å². The number of nitrogens with zero attached hydrogens (tertiary/aromatic N) is 4. The molecule has 23 heavy (non-hydrogen) atoms. The van der Waals surface area contributed by atoms with Crippen molar-refractivity contribution in [1.29, 1.82) is 0 Å². The predicted octanol–water partition coefficient (Wildman–Crippen LogP) is 4.21. The maximum absolute atomic E-state index is 13.5. The van der Waals surface area contributed by atoms with E-state index in [0.717, 1.165) is 12.1 Å². The van der Waals surface area contributed by atoms with Gasteiger partial charge in [-0.1, -0.05) is 17.7 Å². The van der Waals surface area contributed by atoms with Crippen molar-refractivity contribution in [2.75, 3.05) is 0 Å². The summed E-state index contributed by atoms with van der Waals surface area (Å²) < 4.78 is 28.6. The molecular weight excluding hydrogens is 322 g/mol. The summed E-state index contributed by atoms with van der Waals surface area (Å²) in [7, 11) is 0. The van der Waals surface area contributed by atoms with Crippen LogP contribution in [0.5, 0.6) is 0 Å². The lowest BCUT2D eigenvalue weighted by Gasteiger charge is -2.05. The Morgan fingerprint density at radius 3 is 2.65 bits per heavy atom. The number of hydrogen-bond acceptors (Lipinski definition) is 3. The number of halogens is 3. The van der Waals surface area contributed by atoms with Crippen LogP contribution in [0.4, 0.5) is 8.78 Å². The van der Waals surface area contributed by atoms with Gasteiger partial charge in [0.05, 0.1) is 21.6 Å². The molecule has 0 atom stereocenters. The number of benzene rings is 1. The Balaban J connectivity index is 2.15. The summed E-state index contributed by atoms with van der Waals surface area (Å²) in [5.74, 6) is -1.37. The molecule has 0 N–H and O–H groups in total. The summed E-state index contributed by atoms with van der Waals surface area (Å²) in [6.45, 7) is 1.78. The van der Waals surface area contributed by atoms with Crippen LogP contribution < -0.4 is 0 Å². The van der Waals surface area contributed by atoms with Crippen molar-refractivity contribution < 1.29 is 8.78 Å². The van der Waals surface area contributed by atoms with E-state index >= 15 is 0 Å². The SMILES string of the molecule is Cc1nn(-c2ccccn2)c2nc3cc(F)c(F)cc3c(Cl)c12. The molecule has 0 aliphatic heterocycles. The van der Waals surface area contributed by atoms with Gasteiger partial charge in [0.25, 0.3) is 0 Å². The van der Waals surface area contributed by atoms with Crippen molar-refractivity contribution in [3.05, 3.63) is 58.9 Å². The van der Waals surface area contributed by atoms with Gasteiger partial charge in [0.2, 0.25) is 0 Å². The van der Waals surface area contributed by atoms with Crippen LogP contribution in [-0.4, -0.2) is 19.7 Å². The average Bonchev–Trinajstić information content (AvgIpc) is 2.87. The molecule has 0 aliphatic rings. The molecule has 0 saturated carbocycles. The summed E-state index contributed by atoms with van der Waals surface area (Å²) in [4.78, 5) is 8.64. The van der Waals surface area contributed by atoms with Crippen molar-refractivity contribution in [3.63, 3.8) is 0 Å². The Labute approximate surface area is 134 Å². The number of pyridine rings is 2. The van der Waals surface area contributed by atoms with Crippen molar-refractivity contribution in [2.24, 2.45) is 0 Å². The largest absolute Gasteiger partial charge is 0.237 e. The summed E-state index contributed by atoms with van der Waals surface area (Å²) >= 11 is 6.40. The van der Waals surface area contributed by atoms with Crippen molar-refractivity contribution >= 4 is 33.5 Å². The van der Waals surface area contributed by atoms with E-state index in [-0.39, 0.29) is 5.52 Å². The van der Waals surface area contributed by atoms with Gasteiger partial charge in [0.1, 0.15) is 0 Å². The Morgan fingerprint density at radius 2 is 1.91 bits per heavy atom. The lowest BCUT2D eigenvalue weighted by atomic mass is 10.1. The summed E-state index contributed by atoms with van der Waals surface area (Å²) in [6.07, 6.45) is 1.63. The average molecular weight is 331 g/mol. The van der Waals surface area contributed by atoms with Crippen molar-refractivity contribution in [1.82, 2.24) is 19.7 Å². The standard InChI is InChI=1S/C16H9ClF2N4/c1-8-14-15(17)9-6-10(18)11(19)7-12(9)21-16(14)23(22-8)13-4-2-3-5-20-13/h2-7H,1H3. The summed E-state index contributed by atoms with van der Waals surface area (Å²) in [5.41, 5.74) is 1.35. The molecule has 3 heterocycles. The number of aryl methyl sites for hydroxylation is 1. The van der Waals surface area contributed by atoms with Crippen molar-refractivity contribution in [3.8, 4) is 5.82 Å². The lowest BCUT2D eigenvalue weighted by molar-refractivity contribution is 0.510. The highest BCUT2D eigenvalue weighted by atomic mass is 35.5. The fourth-order valence-corrected chi connectivity index (χ4v) is 2.94. The maximum Gasteiger partial charge on any atom is 0.167 e. The number of rotatable bonds is 1. The van der Waals surface area contributed by atoms with Gasteiger partial charge in [-0.25, -0.2) is 18.7 Å². The molecule has 0 fully saturated rings. The lowest BCUT2D eigenvalue weighted by Crippen LogP contribution is -2.00. The van der Waals surface area contributed by atoms with Gasteiger partial charge in [-0.2, -0.15) is 9.78 Å². The molecule has 0 saturated heterocycles. The Hall–Kier alpha value is -2.60. The zero-order valence-electron chi connectivity index (χ0n) is 11.9. The van der Waals surface area contributed by atoms with E-state index in [0.29, 0.717) is 33.0 Å². The quantitative estimate of drug-likeness (QED) is 0.525. The smallest absolute Gasteiger partial charge is 0.167 e. The highest BCUT2D eigenvalue weighted by molar-refractivity contribution is 6.40. The molecule has 7 heteroatoms. The minimum Gasteiger partial charge on any atom is -0.237 e. The summed E-state index contributed by atoms with van der Waals surface area (Å²) in [6, 6.07) is 7.47. The highest BCUT2D eigenvalue weighted by Crippen LogP contribution is 2.34. The van der Waals surface area contributed by atoms with Crippen molar-refractivity contribution in [2.45, 2.75) is 6.92 Å². The molecule has 4 rings (SSSR count). The Bertz CT molecular complexity index is 1060. The van der Waals surface area contributed by atoms with Crippen LogP contribution in [0.1, 0.15) is 5.69 Å². The molecule has 0 unspecified atom stereocenters. The van der Waals surface area contributed by atoms with E-state index in [4.69, 9.17) is 11.6 Å². The number of hydrogen-bond donors (Lipinski definition) is 0. The monoisotopic (exact) mass is 330 g/mol. The zero-order chi connectivity index (χ0) is 16.1. The Kier molecular flexibility index (Phi) is 3.02. The van der Waals surface area contributed by atoms with E-state index in [1.807, 2.05) is 6.07 Å². The normalized spacial score (nSPS) is 11.5. The first kappa shape index (κ1) is 14.0. The molecule has 0 amide bonds. The van der Waals surface area contributed by atoms with Crippen LogP contribution in [0.15, 0.2) is 36.5 Å². The van der Waals surface area contributed by atoms with E-state index in [9.17, 15) is 8.78 Å². The van der Waals surface area contributed by atoms with Gasteiger partial charge >= 0.3 is 0 Å². The van der Waals surface area contributed by atoms with Gasteiger partial charge in [-0.05, 0) is 25.1 Å². The van der Waals surface area contributed by atoms with Crippen LogP contribution in [0.25, 0.3) is 27.8 Å². The van der Waals surface area contributed by atoms with Crippen LogP contribution in [0, 0.1) is 18.6 Å². The van der Waals surface area contributed by atoms with Crippen LogP contribution >= 0.6 is 11.6 Å². The van der Waals surface area contributed by atoms with Crippen LogP contribution in [0.3, 0.4) is 0 Å². The molecule has 3 aromatic heterocycles. The van der Waals surface area contributed by atoms with Gasteiger partial charge in [0.15, 0.2) is 23.1 Å². The second kappa shape index (κ2) is 4.96. The maximum atomic E-state index is 13.5. The summed E-state index contributed by atoms with van der Waals surface area (Å²) in [5, 5.41) is 5.65. The third kappa shape index (κ3) is 2.06. The van der Waals surface area contributed by atoms with Gasteiger partial charge in [-0.15, -0.1) is 0 Å². The minimum atomic E-state index is -0.971. The topological polar surface area (TPSA) is 43.6 Å². The molecule has 0 aliphatic carbocycles. The predicted molar refractivity (Wildman–Crippen MR) is 83.8 cm³/mol. The number of fused-ring (bicyclic) bond motifs is 2. The molecule has 4 nitrogen and oxygen atoms in total. The first-order valence-electron chi connectivity index (χ1n) is 6.81. The second-order valence-electron chi connectivity index (χ2n) is 5.09. The third-order valence-corrected chi connectivity index (χ3v) is 4.02. The molecule has 4 aromatic rings. The third-order valence-electron chi connectivity index (χ3n) is 3.62. The first-order valence-corrected chi connectivity index (χ1v) is 7.19. The fraction of sp³-hybridized carbons (Fsp3) is 0.0625.